The van der Waals surface area contributed by atoms with Crippen molar-refractivity contribution in [3.05, 3.63) is 28.8 Å². The molecule has 0 aromatic heterocycles. The minimum absolute atomic E-state index is 0.118. The Kier molecular flexibility index (Phi) is 5.44. The molecule has 6 heteroatoms. The Balaban J connectivity index is 1.77. The Bertz CT molecular complexity index is 514. The van der Waals surface area contributed by atoms with Crippen LogP contribution in [0, 0.1) is 6.92 Å². The Labute approximate surface area is 129 Å². The molecule has 0 bridgehead atoms. The maximum Gasteiger partial charge on any atom is 0.224 e. The molecule has 1 heterocycles. The van der Waals surface area contributed by atoms with Gasteiger partial charge in [-0.2, -0.15) is 0 Å². The summed E-state index contributed by atoms with van der Waals surface area (Å²) in [4.78, 5) is 26.2. The summed E-state index contributed by atoms with van der Waals surface area (Å²) in [6.45, 7) is 5.01. The maximum atomic E-state index is 12.1. The van der Waals surface area contributed by atoms with E-state index >= 15 is 0 Å². The highest BCUT2D eigenvalue weighted by Crippen LogP contribution is 2.22. The lowest BCUT2D eigenvalue weighted by Crippen LogP contribution is -2.48. The van der Waals surface area contributed by atoms with Crippen LogP contribution in [0.2, 0.25) is 5.02 Å². The van der Waals surface area contributed by atoms with Gasteiger partial charge in [0.25, 0.3) is 0 Å². The minimum Gasteiger partial charge on any atom is -0.384 e. The molecule has 1 N–H and O–H groups in total. The van der Waals surface area contributed by atoms with Crippen molar-refractivity contribution < 1.29 is 9.59 Å². The Morgan fingerprint density at radius 2 is 2.05 bits per heavy atom. The molecule has 2 amide bonds. The molecule has 2 rings (SSSR count). The largest absolute Gasteiger partial charge is 0.384 e. The summed E-state index contributed by atoms with van der Waals surface area (Å²) >= 11 is 6.06. The van der Waals surface area contributed by atoms with Gasteiger partial charge in [-0.3, -0.25) is 9.59 Å². The Morgan fingerprint density at radius 1 is 1.33 bits per heavy atom. The predicted molar refractivity (Wildman–Crippen MR) is 83.5 cm³/mol. The second kappa shape index (κ2) is 7.31. The molecule has 0 spiro atoms. The van der Waals surface area contributed by atoms with Crippen LogP contribution >= 0.6 is 11.6 Å². The molecule has 0 unspecified atom stereocenters. The maximum absolute atomic E-state index is 12.1. The summed E-state index contributed by atoms with van der Waals surface area (Å²) in [5.74, 6) is 0.118. The number of carbonyl (C=O) groups excluding carboxylic acids is 2. The number of amides is 2. The average molecular weight is 310 g/mol. The normalized spacial score (nSPS) is 15.0. The number of nitrogens with one attached hydrogen (secondary N) is 1. The number of piperazine rings is 1. The third-order valence-corrected chi connectivity index (χ3v) is 4.15. The van der Waals surface area contributed by atoms with Crippen molar-refractivity contribution in [2.45, 2.75) is 13.3 Å². The molecule has 114 valence electrons. The molecular formula is C15H20ClN3O2. The molecule has 1 aliphatic rings. The van der Waals surface area contributed by atoms with E-state index in [0.29, 0.717) is 39.1 Å². The molecule has 1 fully saturated rings. The van der Waals surface area contributed by atoms with Crippen LogP contribution in [0.5, 0.6) is 0 Å². The van der Waals surface area contributed by atoms with Gasteiger partial charge in [0, 0.05) is 49.9 Å². The standard InChI is InChI=1S/C15H20ClN3O2/c1-12-13(16)3-2-4-14(12)17-6-5-15(21)19-9-7-18(11-20)8-10-19/h2-4,11,17H,5-10H2,1H3. The average Bonchev–Trinajstić information content (AvgIpc) is 2.51. The molecule has 1 aliphatic heterocycles. The fourth-order valence-electron chi connectivity index (χ4n) is 2.34. The topological polar surface area (TPSA) is 52.7 Å². The van der Waals surface area contributed by atoms with Crippen molar-refractivity contribution in [1.29, 1.82) is 0 Å². The SMILES string of the molecule is Cc1c(Cl)cccc1NCCC(=O)N1CCN(C=O)CC1. The van der Waals surface area contributed by atoms with Crippen molar-refractivity contribution in [2.24, 2.45) is 0 Å². The van der Waals surface area contributed by atoms with E-state index in [2.05, 4.69) is 5.32 Å². The molecule has 1 aromatic rings. The summed E-state index contributed by atoms with van der Waals surface area (Å²) in [6, 6.07) is 5.69. The van der Waals surface area contributed by atoms with Crippen LogP contribution in [-0.2, 0) is 9.59 Å². The molecular weight excluding hydrogens is 290 g/mol. The van der Waals surface area contributed by atoms with Crippen LogP contribution in [0.4, 0.5) is 5.69 Å². The van der Waals surface area contributed by atoms with E-state index in [0.717, 1.165) is 22.7 Å². The third kappa shape index (κ3) is 4.11. The van der Waals surface area contributed by atoms with E-state index in [9.17, 15) is 9.59 Å². The Hall–Kier alpha value is -1.75. The summed E-state index contributed by atoms with van der Waals surface area (Å²) in [6.07, 6.45) is 1.28. The lowest BCUT2D eigenvalue weighted by Gasteiger charge is -2.32. The fourth-order valence-corrected chi connectivity index (χ4v) is 2.51. The minimum atomic E-state index is 0.118. The summed E-state index contributed by atoms with van der Waals surface area (Å²) < 4.78 is 0. The highest BCUT2D eigenvalue weighted by atomic mass is 35.5. The van der Waals surface area contributed by atoms with Crippen LogP contribution in [0.25, 0.3) is 0 Å². The Morgan fingerprint density at radius 3 is 2.71 bits per heavy atom. The second-order valence-corrected chi connectivity index (χ2v) is 5.52. The molecule has 1 aromatic carbocycles. The van der Waals surface area contributed by atoms with Gasteiger partial charge in [0.15, 0.2) is 0 Å². The smallest absolute Gasteiger partial charge is 0.224 e. The summed E-state index contributed by atoms with van der Waals surface area (Å²) in [5, 5.41) is 3.96. The third-order valence-electron chi connectivity index (χ3n) is 3.74. The highest BCUT2D eigenvalue weighted by Gasteiger charge is 2.19. The number of carbonyl (C=O) groups is 2. The van der Waals surface area contributed by atoms with Crippen LogP contribution in [-0.4, -0.2) is 54.8 Å². The van der Waals surface area contributed by atoms with Gasteiger partial charge < -0.3 is 15.1 Å². The van der Waals surface area contributed by atoms with Gasteiger partial charge in [-0.05, 0) is 24.6 Å². The van der Waals surface area contributed by atoms with Crippen molar-refractivity contribution in [1.82, 2.24) is 9.80 Å². The second-order valence-electron chi connectivity index (χ2n) is 5.11. The van der Waals surface area contributed by atoms with Crippen LogP contribution < -0.4 is 5.32 Å². The van der Waals surface area contributed by atoms with Gasteiger partial charge in [-0.25, -0.2) is 0 Å². The van der Waals surface area contributed by atoms with Gasteiger partial charge in [-0.1, -0.05) is 17.7 Å². The molecule has 0 saturated carbocycles. The zero-order valence-corrected chi connectivity index (χ0v) is 12.9. The number of benzene rings is 1. The molecule has 0 aliphatic carbocycles. The molecule has 5 nitrogen and oxygen atoms in total. The van der Waals surface area contributed by atoms with Crippen LogP contribution in [0.15, 0.2) is 18.2 Å². The number of rotatable bonds is 5. The van der Waals surface area contributed by atoms with Gasteiger partial charge in [0.1, 0.15) is 0 Å². The predicted octanol–water partition coefficient (Wildman–Crippen LogP) is 1.75. The van der Waals surface area contributed by atoms with Crippen molar-refractivity contribution in [3.8, 4) is 0 Å². The number of anilines is 1. The van der Waals surface area contributed by atoms with E-state index in [1.54, 1.807) is 4.90 Å². The zero-order valence-electron chi connectivity index (χ0n) is 12.1. The number of nitrogens with zero attached hydrogens (tertiary/aromatic N) is 2. The molecule has 0 radical (unpaired) electrons. The monoisotopic (exact) mass is 309 g/mol. The van der Waals surface area contributed by atoms with E-state index < -0.39 is 0 Å². The fraction of sp³-hybridized carbons (Fsp3) is 0.467. The van der Waals surface area contributed by atoms with E-state index in [-0.39, 0.29) is 5.91 Å². The van der Waals surface area contributed by atoms with E-state index in [1.807, 2.05) is 30.0 Å². The van der Waals surface area contributed by atoms with Crippen LogP contribution in [0.3, 0.4) is 0 Å². The number of hydrogen-bond acceptors (Lipinski definition) is 3. The van der Waals surface area contributed by atoms with Crippen molar-refractivity contribution >= 4 is 29.6 Å². The van der Waals surface area contributed by atoms with Gasteiger partial charge in [0.05, 0.1) is 0 Å². The molecule has 1 saturated heterocycles. The first-order valence-corrected chi connectivity index (χ1v) is 7.45. The summed E-state index contributed by atoms with van der Waals surface area (Å²) in [5.41, 5.74) is 1.95. The van der Waals surface area contributed by atoms with E-state index in [4.69, 9.17) is 11.6 Å². The first kappa shape index (κ1) is 15.6. The first-order chi connectivity index (χ1) is 10.1. The van der Waals surface area contributed by atoms with Crippen molar-refractivity contribution in [2.75, 3.05) is 38.0 Å². The lowest BCUT2D eigenvalue weighted by molar-refractivity contribution is -0.134. The highest BCUT2D eigenvalue weighted by molar-refractivity contribution is 6.31. The lowest BCUT2D eigenvalue weighted by atomic mass is 10.2. The van der Waals surface area contributed by atoms with Gasteiger partial charge in [0.2, 0.25) is 12.3 Å². The van der Waals surface area contributed by atoms with E-state index in [1.165, 1.54) is 0 Å². The zero-order chi connectivity index (χ0) is 15.2. The molecule has 21 heavy (non-hydrogen) atoms. The quantitative estimate of drug-likeness (QED) is 0.843. The van der Waals surface area contributed by atoms with Gasteiger partial charge in [-0.15, -0.1) is 0 Å². The first-order valence-electron chi connectivity index (χ1n) is 7.08. The van der Waals surface area contributed by atoms with Crippen molar-refractivity contribution in [3.63, 3.8) is 0 Å². The van der Waals surface area contributed by atoms with Crippen LogP contribution in [0.1, 0.15) is 12.0 Å². The number of halogens is 1. The summed E-state index contributed by atoms with van der Waals surface area (Å²) in [7, 11) is 0. The molecule has 0 atom stereocenters. The van der Waals surface area contributed by atoms with Gasteiger partial charge >= 0.3 is 0 Å². The number of hydrogen-bond donors (Lipinski definition) is 1.